The summed E-state index contributed by atoms with van der Waals surface area (Å²) in [7, 11) is 2.89. The Morgan fingerprint density at radius 1 is 1.00 bits per heavy atom. The molecule has 0 saturated heterocycles. The van der Waals surface area contributed by atoms with E-state index in [9.17, 15) is 0 Å². The van der Waals surface area contributed by atoms with Crippen molar-refractivity contribution in [3.8, 4) is 0 Å². The van der Waals surface area contributed by atoms with Crippen LogP contribution in [0.5, 0.6) is 0 Å². The van der Waals surface area contributed by atoms with E-state index in [0.717, 1.165) is 18.5 Å². The third-order valence-corrected chi connectivity index (χ3v) is 4.34. The van der Waals surface area contributed by atoms with Crippen molar-refractivity contribution in [3.05, 3.63) is 77.4 Å². The average Bonchev–Trinajstić information content (AvgIpc) is 2.53. The van der Waals surface area contributed by atoms with Gasteiger partial charge in [-0.25, -0.2) is 0 Å². The van der Waals surface area contributed by atoms with Gasteiger partial charge in [-0.1, -0.05) is 75.0 Å². The SMILES string of the molecule is C=Cc1ccc(CNC(P)c2ccc(CC(C)C)cc2)cc1. The van der Waals surface area contributed by atoms with Crippen LogP contribution in [-0.4, -0.2) is 0 Å². The van der Waals surface area contributed by atoms with Gasteiger partial charge in [0.05, 0.1) is 0 Å². The summed E-state index contributed by atoms with van der Waals surface area (Å²) in [4.78, 5) is 0. The monoisotopic (exact) mass is 311 g/mol. The molecule has 0 spiro atoms. The van der Waals surface area contributed by atoms with Crippen LogP contribution in [0.25, 0.3) is 6.08 Å². The summed E-state index contributed by atoms with van der Waals surface area (Å²) >= 11 is 0. The predicted octanol–water partition coefficient (Wildman–Crippen LogP) is 5.19. The fourth-order valence-electron chi connectivity index (χ4n) is 2.45. The second-order valence-electron chi connectivity index (χ2n) is 6.14. The molecule has 2 atom stereocenters. The summed E-state index contributed by atoms with van der Waals surface area (Å²) < 4.78 is 0. The molecule has 0 bridgehead atoms. The maximum absolute atomic E-state index is 3.78. The number of hydrogen-bond acceptors (Lipinski definition) is 1. The molecule has 0 radical (unpaired) electrons. The minimum atomic E-state index is 0.271. The van der Waals surface area contributed by atoms with Crippen molar-refractivity contribution in [2.24, 2.45) is 5.92 Å². The van der Waals surface area contributed by atoms with Gasteiger partial charge in [-0.15, -0.1) is 9.24 Å². The smallest absolute Gasteiger partial charge is 0.0466 e. The van der Waals surface area contributed by atoms with Crippen molar-refractivity contribution < 1.29 is 0 Å². The van der Waals surface area contributed by atoms with Crippen LogP contribution in [0.15, 0.2) is 55.1 Å². The topological polar surface area (TPSA) is 12.0 Å². The summed E-state index contributed by atoms with van der Waals surface area (Å²) in [5.74, 6) is 0.974. The Kier molecular flexibility index (Phi) is 6.36. The van der Waals surface area contributed by atoms with Crippen molar-refractivity contribution in [2.45, 2.75) is 32.6 Å². The minimum absolute atomic E-state index is 0.271. The molecule has 1 N–H and O–H groups in total. The van der Waals surface area contributed by atoms with Gasteiger partial charge in [0, 0.05) is 12.3 Å². The van der Waals surface area contributed by atoms with E-state index in [1.165, 1.54) is 16.7 Å². The first-order valence-corrected chi connectivity index (χ1v) is 8.54. The minimum Gasteiger partial charge on any atom is -0.303 e. The highest BCUT2D eigenvalue weighted by Gasteiger charge is 2.05. The lowest BCUT2D eigenvalue weighted by Gasteiger charge is -2.15. The third-order valence-electron chi connectivity index (χ3n) is 3.72. The van der Waals surface area contributed by atoms with Crippen molar-refractivity contribution in [2.75, 3.05) is 0 Å². The molecule has 0 amide bonds. The van der Waals surface area contributed by atoms with Gasteiger partial charge in [-0.2, -0.15) is 0 Å². The van der Waals surface area contributed by atoms with Crippen LogP contribution in [-0.2, 0) is 13.0 Å². The highest BCUT2D eigenvalue weighted by molar-refractivity contribution is 7.17. The first kappa shape index (κ1) is 16.9. The van der Waals surface area contributed by atoms with Crippen LogP contribution in [0.4, 0.5) is 0 Å². The van der Waals surface area contributed by atoms with Crippen molar-refractivity contribution in [1.82, 2.24) is 5.32 Å². The first-order chi connectivity index (χ1) is 10.6. The first-order valence-electron chi connectivity index (χ1n) is 7.87. The van der Waals surface area contributed by atoms with Crippen molar-refractivity contribution in [1.29, 1.82) is 0 Å². The molecule has 22 heavy (non-hydrogen) atoms. The molecule has 0 saturated carbocycles. The average molecular weight is 311 g/mol. The van der Waals surface area contributed by atoms with E-state index in [1.807, 2.05) is 6.08 Å². The third kappa shape index (κ3) is 5.09. The van der Waals surface area contributed by atoms with Gasteiger partial charge in [0.25, 0.3) is 0 Å². The fraction of sp³-hybridized carbons (Fsp3) is 0.300. The van der Waals surface area contributed by atoms with E-state index >= 15 is 0 Å². The Morgan fingerprint density at radius 3 is 2.14 bits per heavy atom. The summed E-state index contributed by atoms with van der Waals surface area (Å²) in [5, 5.41) is 3.55. The number of hydrogen-bond donors (Lipinski definition) is 1. The molecule has 2 unspecified atom stereocenters. The van der Waals surface area contributed by atoms with Crippen LogP contribution >= 0.6 is 9.24 Å². The Balaban J connectivity index is 1.90. The number of benzene rings is 2. The molecule has 0 aliphatic rings. The van der Waals surface area contributed by atoms with E-state index in [1.54, 1.807) is 0 Å². The molecular weight excluding hydrogens is 285 g/mol. The lowest BCUT2D eigenvalue weighted by atomic mass is 10.0. The maximum atomic E-state index is 3.78. The second kappa shape index (κ2) is 8.27. The Bertz CT molecular complexity index is 584. The highest BCUT2D eigenvalue weighted by Crippen LogP contribution is 2.21. The molecule has 0 aromatic heterocycles. The van der Waals surface area contributed by atoms with Gasteiger partial charge in [0.2, 0.25) is 0 Å². The van der Waals surface area contributed by atoms with Crippen LogP contribution in [0.1, 0.15) is 41.9 Å². The van der Waals surface area contributed by atoms with Crippen LogP contribution in [0.3, 0.4) is 0 Å². The normalized spacial score (nSPS) is 12.4. The van der Waals surface area contributed by atoms with Gasteiger partial charge >= 0.3 is 0 Å². The van der Waals surface area contributed by atoms with Crippen molar-refractivity contribution >= 4 is 15.3 Å². The van der Waals surface area contributed by atoms with Gasteiger partial charge in [0.1, 0.15) is 0 Å². The number of rotatable bonds is 7. The zero-order valence-corrected chi connectivity index (χ0v) is 14.7. The zero-order valence-electron chi connectivity index (χ0n) is 13.5. The summed E-state index contributed by atoms with van der Waals surface area (Å²) in [5.41, 5.74) is 5.16. The Hall–Kier alpha value is -1.43. The summed E-state index contributed by atoms with van der Waals surface area (Å²) in [6.07, 6.45) is 3.01. The molecule has 2 rings (SSSR count). The summed E-state index contributed by atoms with van der Waals surface area (Å²) in [6, 6.07) is 17.4. The Morgan fingerprint density at radius 2 is 1.59 bits per heavy atom. The molecular formula is C20H26NP. The summed E-state index contributed by atoms with van der Waals surface area (Å²) in [6.45, 7) is 9.15. The molecule has 0 aliphatic carbocycles. The van der Waals surface area contributed by atoms with Gasteiger partial charge in [-0.3, -0.25) is 0 Å². The van der Waals surface area contributed by atoms with E-state index in [2.05, 4.69) is 83.5 Å². The van der Waals surface area contributed by atoms with Gasteiger partial charge < -0.3 is 5.32 Å². The van der Waals surface area contributed by atoms with Crippen LogP contribution < -0.4 is 5.32 Å². The highest BCUT2D eigenvalue weighted by atomic mass is 31.0. The molecule has 0 heterocycles. The molecule has 116 valence electrons. The molecule has 2 aromatic carbocycles. The van der Waals surface area contributed by atoms with Crippen LogP contribution in [0.2, 0.25) is 0 Å². The Labute approximate surface area is 137 Å². The number of nitrogens with one attached hydrogen (secondary N) is 1. The molecule has 2 heteroatoms. The second-order valence-corrected chi connectivity index (χ2v) is 6.81. The van der Waals surface area contributed by atoms with Crippen molar-refractivity contribution in [3.63, 3.8) is 0 Å². The lowest BCUT2D eigenvalue weighted by Crippen LogP contribution is -2.15. The van der Waals surface area contributed by atoms with Gasteiger partial charge in [-0.05, 0) is 34.6 Å². The van der Waals surface area contributed by atoms with E-state index in [4.69, 9.17) is 0 Å². The lowest BCUT2D eigenvalue weighted by molar-refractivity contribution is 0.645. The van der Waals surface area contributed by atoms with E-state index in [-0.39, 0.29) is 5.78 Å². The fourth-order valence-corrected chi connectivity index (χ4v) is 2.79. The predicted molar refractivity (Wildman–Crippen MR) is 101 cm³/mol. The molecule has 2 aromatic rings. The van der Waals surface area contributed by atoms with E-state index in [0.29, 0.717) is 5.92 Å². The largest absolute Gasteiger partial charge is 0.303 e. The quantitative estimate of drug-likeness (QED) is 0.694. The zero-order chi connectivity index (χ0) is 15.9. The standard InChI is InChI=1S/C20H26NP/c1-4-16-5-7-18(8-6-16)14-21-20(22)19-11-9-17(10-12-19)13-15(2)3/h4-12,15,20-21H,1,13-14,22H2,2-3H3. The maximum Gasteiger partial charge on any atom is 0.0466 e. The van der Waals surface area contributed by atoms with Gasteiger partial charge in [0.15, 0.2) is 0 Å². The van der Waals surface area contributed by atoms with Crippen LogP contribution in [0, 0.1) is 5.92 Å². The van der Waals surface area contributed by atoms with E-state index < -0.39 is 0 Å². The molecule has 0 fully saturated rings. The molecule has 1 nitrogen and oxygen atoms in total. The molecule has 0 aliphatic heterocycles.